The third-order valence-corrected chi connectivity index (χ3v) is 3.51. The summed E-state index contributed by atoms with van der Waals surface area (Å²) in [5.41, 5.74) is 8.82. The van der Waals surface area contributed by atoms with E-state index in [-0.39, 0.29) is 0 Å². The Labute approximate surface area is 120 Å². The van der Waals surface area contributed by atoms with Gasteiger partial charge in [0.15, 0.2) is 0 Å². The Bertz CT molecular complexity index is 426. The van der Waals surface area contributed by atoms with E-state index in [9.17, 15) is 0 Å². The Balaban J connectivity index is 2.52. The average Bonchev–Trinajstić information content (AvgIpc) is 2.37. The molecule has 0 radical (unpaired) electrons. The molecule has 0 saturated carbocycles. The predicted octanol–water partition coefficient (Wildman–Crippen LogP) is -1.98. The predicted molar refractivity (Wildman–Crippen MR) is 71.1 cm³/mol. The molecule has 8 heteroatoms. The second kappa shape index (κ2) is 9.41. The van der Waals surface area contributed by atoms with Crippen molar-refractivity contribution in [2.45, 2.75) is 6.54 Å². The van der Waals surface area contributed by atoms with Gasteiger partial charge in [-0.1, -0.05) is 0 Å². The maximum atomic E-state index is 6.79. The number of benzene rings is 1. The molecule has 0 aliphatic heterocycles. The van der Waals surface area contributed by atoms with Gasteiger partial charge < -0.3 is 0 Å². The molecule has 0 atom stereocenters. The van der Waals surface area contributed by atoms with E-state index in [0.29, 0.717) is 6.54 Å². The Morgan fingerprint density at radius 2 is 2.18 bits per heavy atom. The summed E-state index contributed by atoms with van der Waals surface area (Å²) in [4.78, 5) is 8.44. The normalized spacial score (nSPS) is 12.5. The summed E-state index contributed by atoms with van der Waals surface area (Å²) in [5.74, 6) is 5.04. The number of aliphatic imine (C=N–C) groups is 2. The van der Waals surface area contributed by atoms with E-state index in [4.69, 9.17) is 11.4 Å². The van der Waals surface area contributed by atoms with E-state index in [0.717, 1.165) is 11.3 Å². The maximum absolute atomic E-state index is 6.79. The van der Waals surface area contributed by atoms with Gasteiger partial charge in [0.25, 0.3) is 0 Å². The molecule has 92 valence electrons. The van der Waals surface area contributed by atoms with Crippen LogP contribution in [0.4, 0.5) is 5.69 Å². The van der Waals surface area contributed by atoms with Crippen molar-refractivity contribution in [1.29, 1.82) is 5.53 Å². The van der Waals surface area contributed by atoms with Gasteiger partial charge >= 0.3 is 121 Å². The molecule has 1 rings (SSSR count). The first kappa shape index (κ1) is 14.4. The van der Waals surface area contributed by atoms with Crippen molar-refractivity contribution in [3.63, 3.8) is 0 Å². The molecule has 0 heterocycles. The third kappa shape index (κ3) is 6.63. The minimum atomic E-state index is -0.437. The van der Waals surface area contributed by atoms with Crippen LogP contribution in [0.5, 0.6) is 0 Å². The van der Waals surface area contributed by atoms with Gasteiger partial charge in [-0.15, -0.1) is 0 Å². The average molecular weight is 458 g/mol. The molecule has 1 aromatic carbocycles. The van der Waals surface area contributed by atoms with Crippen LogP contribution in [-0.4, -0.2) is 8.44 Å². The molecular formula is C9H12I2N6. The van der Waals surface area contributed by atoms with Gasteiger partial charge in [0.1, 0.15) is 0 Å². The van der Waals surface area contributed by atoms with E-state index in [1.807, 2.05) is 24.3 Å². The number of nitrogens with two attached hydrogens (primary N) is 1. The zero-order chi connectivity index (χ0) is 12.3. The molecule has 0 saturated heterocycles. The molecule has 17 heavy (non-hydrogen) atoms. The topological polar surface area (TPSA) is 101 Å². The second-order valence-electron chi connectivity index (χ2n) is 2.73. The third-order valence-electron chi connectivity index (χ3n) is 1.68. The van der Waals surface area contributed by atoms with Gasteiger partial charge in [-0.2, -0.15) is 0 Å². The Morgan fingerprint density at radius 1 is 1.41 bits per heavy atom. The molecule has 0 fully saturated rings. The van der Waals surface area contributed by atoms with Crippen LogP contribution in [0.25, 0.3) is 0 Å². The van der Waals surface area contributed by atoms with Crippen LogP contribution in [0, 0.1) is 5.53 Å². The van der Waals surface area contributed by atoms with E-state index in [1.165, 1.54) is 0 Å². The fourth-order valence-corrected chi connectivity index (χ4v) is 2.11. The molecule has 0 spiro atoms. The molecule has 0 aliphatic carbocycles. The van der Waals surface area contributed by atoms with Crippen molar-refractivity contribution in [3.8, 4) is 0 Å². The summed E-state index contributed by atoms with van der Waals surface area (Å²) in [6.07, 6.45) is 0. The van der Waals surface area contributed by atoms with Gasteiger partial charge in [-0.3, -0.25) is 0 Å². The molecule has 1 aromatic rings. The van der Waals surface area contributed by atoms with Crippen molar-refractivity contribution < 1.29 is 24.8 Å². The first-order valence-electron chi connectivity index (χ1n) is 4.53. The van der Waals surface area contributed by atoms with Gasteiger partial charge in [0, 0.05) is 0 Å². The van der Waals surface area contributed by atoms with Crippen LogP contribution in [0.2, 0.25) is 0 Å². The van der Waals surface area contributed by atoms with Crippen molar-refractivity contribution in [2.75, 3.05) is 0 Å². The standard InChI is InChI=1S/C9H12I2N6/c12-16-10-6-14-5-8-1-3-9(4-2-8)15-7-11-17-13/h1-4,6-7,13,17H,5,12H2. The molecule has 4 N–H and O–H groups in total. The van der Waals surface area contributed by atoms with Crippen LogP contribution >= 0.6 is 21.0 Å². The van der Waals surface area contributed by atoms with Crippen molar-refractivity contribution in [1.82, 2.24) is 0 Å². The van der Waals surface area contributed by atoms with Crippen LogP contribution in [0.1, 0.15) is 5.56 Å². The second-order valence-corrected chi connectivity index (χ2v) is 6.12. The zero-order valence-corrected chi connectivity index (χ0v) is 13.2. The summed E-state index contributed by atoms with van der Waals surface area (Å²) in [6.45, 7) is 0.653. The number of halogens is 2. The van der Waals surface area contributed by atoms with Crippen molar-refractivity contribution in [2.24, 2.45) is 19.1 Å². The van der Waals surface area contributed by atoms with E-state index < -0.39 is 42.5 Å². The van der Waals surface area contributed by atoms with E-state index >= 15 is 0 Å². The number of hydrogen-bond donors (Lipinski definition) is 3. The van der Waals surface area contributed by atoms with Gasteiger partial charge in [-0.25, -0.2) is 0 Å². The van der Waals surface area contributed by atoms with Crippen molar-refractivity contribution in [3.05, 3.63) is 29.8 Å². The molecule has 0 amide bonds. The summed E-state index contributed by atoms with van der Waals surface area (Å²) in [6, 6.07) is 7.87. The molecule has 0 aromatic heterocycles. The molecule has 0 unspecified atom stereocenters. The van der Waals surface area contributed by atoms with Gasteiger partial charge in [0.2, 0.25) is 0 Å². The van der Waals surface area contributed by atoms with Crippen LogP contribution in [0.3, 0.4) is 0 Å². The molecule has 0 aliphatic rings. The summed E-state index contributed by atoms with van der Waals surface area (Å²) < 4.78 is 9.48. The van der Waals surface area contributed by atoms with E-state index in [1.54, 1.807) is 8.44 Å². The van der Waals surface area contributed by atoms with E-state index in [2.05, 4.69) is 16.6 Å². The first-order chi connectivity index (χ1) is 8.36. The molecular weight excluding hydrogens is 446 g/mol. The van der Waals surface area contributed by atoms with Crippen LogP contribution < -0.4 is 30.6 Å². The molecule has 6 nitrogen and oxygen atoms in total. The minimum absolute atomic E-state index is 0.421. The Hall–Kier alpha value is -0.620. The fourth-order valence-electron chi connectivity index (χ4n) is 0.989. The van der Waals surface area contributed by atoms with Crippen LogP contribution in [-0.2, 0) is 6.54 Å². The summed E-state index contributed by atoms with van der Waals surface area (Å²) in [7, 11) is 0. The summed E-state index contributed by atoms with van der Waals surface area (Å²) >= 11 is -0.858. The van der Waals surface area contributed by atoms with Gasteiger partial charge in [-0.05, 0) is 0 Å². The summed E-state index contributed by atoms with van der Waals surface area (Å²) in [5, 5.41) is 0. The zero-order valence-electron chi connectivity index (χ0n) is 8.85. The monoisotopic (exact) mass is 458 g/mol. The molecule has 0 bridgehead atoms. The number of hydrogen-bond acceptors (Lipinski definition) is 5. The fraction of sp³-hybridized carbons (Fsp3) is 0.111. The number of nitrogens with zero attached hydrogens (tertiary/aromatic N) is 3. The Morgan fingerprint density at radius 3 is 2.82 bits per heavy atom. The van der Waals surface area contributed by atoms with Crippen molar-refractivity contribution >= 4 is 35.2 Å². The quantitative estimate of drug-likeness (QED) is 0.113. The Kier molecular flexibility index (Phi) is 8.00. The first-order valence-corrected chi connectivity index (χ1v) is 9.07. The number of rotatable bonds is 6. The van der Waals surface area contributed by atoms with Gasteiger partial charge in [0.05, 0.1) is 0 Å². The number of nitrogens with one attached hydrogen (secondary N) is 2. The SMILES string of the molecule is N=[NH+][I-]C=Nc1ccc(CN=CI=NN)cc1. The van der Waals surface area contributed by atoms with Crippen LogP contribution in [0.15, 0.2) is 37.5 Å².